The van der Waals surface area contributed by atoms with Crippen LogP contribution in [0.25, 0.3) is 11.0 Å². The summed E-state index contributed by atoms with van der Waals surface area (Å²) < 4.78 is 38.3. The summed E-state index contributed by atoms with van der Waals surface area (Å²) in [6, 6.07) is 5.65. The molecule has 1 aromatic carbocycles. The van der Waals surface area contributed by atoms with Crippen LogP contribution in [0.1, 0.15) is 50.4 Å². The molecule has 1 amide bonds. The van der Waals surface area contributed by atoms with Crippen molar-refractivity contribution in [3.63, 3.8) is 0 Å². The lowest BCUT2D eigenvalue weighted by Gasteiger charge is -2.32. The van der Waals surface area contributed by atoms with E-state index in [0.29, 0.717) is 38.1 Å². The highest BCUT2D eigenvalue weighted by Gasteiger charge is 2.26. The second-order valence-electron chi connectivity index (χ2n) is 8.25. The van der Waals surface area contributed by atoms with Gasteiger partial charge in [0.15, 0.2) is 6.61 Å². The van der Waals surface area contributed by atoms with Crippen LogP contribution in [-0.2, 0) is 27.7 Å². The van der Waals surface area contributed by atoms with Gasteiger partial charge in [-0.2, -0.15) is 0 Å². The molecule has 1 aliphatic heterocycles. The highest BCUT2D eigenvalue weighted by atomic mass is 32.2. The first-order chi connectivity index (χ1) is 14.4. The van der Waals surface area contributed by atoms with Crippen molar-refractivity contribution >= 4 is 26.9 Å². The number of hydrogen-bond acceptors (Lipinski definition) is 5. The molecule has 0 bridgehead atoms. The van der Waals surface area contributed by atoms with Gasteiger partial charge in [-0.05, 0) is 56.7 Å². The second kappa shape index (κ2) is 8.98. The van der Waals surface area contributed by atoms with Gasteiger partial charge in [-0.25, -0.2) is 13.1 Å². The zero-order valence-electron chi connectivity index (χ0n) is 17.5. The van der Waals surface area contributed by atoms with E-state index in [4.69, 9.17) is 9.15 Å². The number of furan rings is 1. The average molecular weight is 435 g/mol. The van der Waals surface area contributed by atoms with Gasteiger partial charge in [0, 0.05) is 36.5 Å². The molecule has 0 radical (unpaired) electrons. The van der Waals surface area contributed by atoms with E-state index in [0.717, 1.165) is 29.6 Å². The molecule has 1 aromatic heterocycles. The number of nitrogens with zero attached hydrogens (tertiary/aromatic N) is 1. The monoisotopic (exact) mass is 434 g/mol. The van der Waals surface area contributed by atoms with E-state index in [-0.39, 0.29) is 24.3 Å². The third-order valence-corrected chi connectivity index (χ3v) is 7.59. The standard InChI is InChI=1S/C22H30N2O5S/c1-2-13-30(26,27)23-16-9-11-24(12-10-16)22(25)15-28-17-7-8-21-19(14-17)18-5-3-4-6-20(18)29-21/h7-8,14,16,23H,2-6,9-13,15H2,1H3. The second-order valence-corrected chi connectivity index (χ2v) is 10.1. The fourth-order valence-corrected chi connectivity index (χ4v) is 5.80. The number of carbonyl (C=O) groups excluding carboxylic acids is 1. The third-order valence-electron chi connectivity index (χ3n) is 5.96. The first kappa shape index (κ1) is 21.2. The van der Waals surface area contributed by atoms with Crippen molar-refractivity contribution in [3.8, 4) is 5.75 Å². The van der Waals surface area contributed by atoms with Gasteiger partial charge in [-0.15, -0.1) is 0 Å². The van der Waals surface area contributed by atoms with E-state index in [9.17, 15) is 13.2 Å². The Balaban J connectivity index is 1.30. The summed E-state index contributed by atoms with van der Waals surface area (Å²) in [6.45, 7) is 2.91. The Bertz CT molecular complexity index is 1010. The highest BCUT2D eigenvalue weighted by molar-refractivity contribution is 7.89. The Morgan fingerprint density at radius 3 is 2.77 bits per heavy atom. The lowest BCUT2D eigenvalue weighted by atomic mass is 9.96. The number of ether oxygens (including phenoxy) is 1. The molecule has 7 nitrogen and oxygen atoms in total. The van der Waals surface area contributed by atoms with Crippen molar-refractivity contribution in [1.82, 2.24) is 9.62 Å². The Kier molecular flexibility index (Phi) is 6.34. The molecule has 2 aromatic rings. The summed E-state index contributed by atoms with van der Waals surface area (Å²) in [5, 5.41) is 1.09. The van der Waals surface area contributed by atoms with E-state index in [2.05, 4.69) is 4.72 Å². The van der Waals surface area contributed by atoms with Crippen LogP contribution < -0.4 is 9.46 Å². The van der Waals surface area contributed by atoms with Crippen LogP contribution in [-0.4, -0.2) is 50.7 Å². The fourth-order valence-electron chi connectivity index (χ4n) is 4.40. The molecular formula is C22H30N2O5S. The SMILES string of the molecule is CCCS(=O)(=O)NC1CCN(C(=O)COc2ccc3oc4c(c3c2)CCCC4)CC1. The number of fused-ring (bicyclic) bond motifs is 3. The van der Waals surface area contributed by atoms with Crippen molar-refractivity contribution in [3.05, 3.63) is 29.5 Å². The van der Waals surface area contributed by atoms with Gasteiger partial charge in [0.05, 0.1) is 5.75 Å². The topological polar surface area (TPSA) is 88.9 Å². The van der Waals surface area contributed by atoms with Crippen LogP contribution in [0, 0.1) is 0 Å². The number of piperidine rings is 1. The molecule has 30 heavy (non-hydrogen) atoms. The van der Waals surface area contributed by atoms with Gasteiger partial charge in [0.1, 0.15) is 17.1 Å². The number of hydrogen-bond donors (Lipinski definition) is 1. The number of amides is 1. The van der Waals surface area contributed by atoms with Gasteiger partial charge >= 0.3 is 0 Å². The zero-order chi connectivity index (χ0) is 21.1. The van der Waals surface area contributed by atoms with Gasteiger partial charge in [-0.3, -0.25) is 4.79 Å². The van der Waals surface area contributed by atoms with E-state index in [1.54, 1.807) is 4.90 Å². The van der Waals surface area contributed by atoms with Gasteiger partial charge in [-0.1, -0.05) is 6.92 Å². The first-order valence-corrected chi connectivity index (χ1v) is 12.6. The summed E-state index contributed by atoms with van der Waals surface area (Å²) >= 11 is 0. The number of likely N-dealkylation sites (tertiary alicyclic amines) is 1. The maximum Gasteiger partial charge on any atom is 0.260 e. The number of carbonyl (C=O) groups is 1. The summed E-state index contributed by atoms with van der Waals surface area (Å²) in [4.78, 5) is 14.3. The minimum Gasteiger partial charge on any atom is -0.484 e. The molecule has 1 fully saturated rings. The molecule has 2 heterocycles. The first-order valence-electron chi connectivity index (χ1n) is 10.9. The Morgan fingerprint density at radius 1 is 1.23 bits per heavy atom. The fraction of sp³-hybridized carbons (Fsp3) is 0.591. The lowest BCUT2D eigenvalue weighted by molar-refractivity contribution is -0.134. The quantitative estimate of drug-likeness (QED) is 0.724. The van der Waals surface area contributed by atoms with E-state index >= 15 is 0 Å². The van der Waals surface area contributed by atoms with Crippen molar-refractivity contribution in [2.24, 2.45) is 0 Å². The Labute approximate surface area is 177 Å². The van der Waals surface area contributed by atoms with Crippen LogP contribution in [0.3, 0.4) is 0 Å². The van der Waals surface area contributed by atoms with Crippen molar-refractivity contribution in [2.45, 2.75) is 57.9 Å². The number of nitrogens with one attached hydrogen (secondary N) is 1. The molecule has 0 unspecified atom stereocenters. The van der Waals surface area contributed by atoms with Crippen LogP contribution in [0.2, 0.25) is 0 Å². The normalized spacial score (nSPS) is 17.8. The maximum absolute atomic E-state index is 12.6. The minimum absolute atomic E-state index is 0.0161. The summed E-state index contributed by atoms with van der Waals surface area (Å²) in [5.41, 5.74) is 2.16. The summed E-state index contributed by atoms with van der Waals surface area (Å²) in [7, 11) is -3.22. The zero-order valence-corrected chi connectivity index (χ0v) is 18.3. The van der Waals surface area contributed by atoms with Gasteiger partial charge < -0.3 is 14.1 Å². The predicted molar refractivity (Wildman–Crippen MR) is 115 cm³/mol. The Morgan fingerprint density at radius 2 is 2.00 bits per heavy atom. The Hall–Kier alpha value is -2.06. The molecule has 0 atom stereocenters. The highest BCUT2D eigenvalue weighted by Crippen LogP contribution is 2.34. The van der Waals surface area contributed by atoms with Crippen molar-refractivity contribution in [2.75, 3.05) is 25.4 Å². The average Bonchev–Trinajstić information content (AvgIpc) is 3.10. The lowest BCUT2D eigenvalue weighted by Crippen LogP contribution is -2.48. The largest absolute Gasteiger partial charge is 0.484 e. The van der Waals surface area contributed by atoms with Gasteiger partial charge in [0.25, 0.3) is 5.91 Å². The maximum atomic E-state index is 12.6. The number of benzene rings is 1. The number of rotatable bonds is 7. The molecule has 1 N–H and O–H groups in total. The summed E-state index contributed by atoms with van der Waals surface area (Å²) in [6.07, 6.45) is 6.21. The number of aryl methyl sites for hydroxylation is 2. The molecule has 0 saturated carbocycles. The molecule has 164 valence electrons. The number of sulfonamides is 1. The van der Waals surface area contributed by atoms with Gasteiger partial charge in [0.2, 0.25) is 10.0 Å². The van der Waals surface area contributed by atoms with Crippen LogP contribution >= 0.6 is 0 Å². The minimum atomic E-state index is -3.22. The van der Waals surface area contributed by atoms with Crippen molar-refractivity contribution in [1.29, 1.82) is 0 Å². The van der Waals surface area contributed by atoms with Crippen LogP contribution in [0.15, 0.2) is 22.6 Å². The molecule has 1 aliphatic carbocycles. The molecule has 2 aliphatic rings. The van der Waals surface area contributed by atoms with E-state index in [1.807, 2.05) is 25.1 Å². The summed E-state index contributed by atoms with van der Waals surface area (Å²) in [5.74, 6) is 1.83. The molecule has 1 saturated heterocycles. The van der Waals surface area contributed by atoms with E-state index in [1.165, 1.54) is 18.4 Å². The molecular weight excluding hydrogens is 404 g/mol. The molecule has 8 heteroatoms. The van der Waals surface area contributed by atoms with Crippen LogP contribution in [0.5, 0.6) is 5.75 Å². The van der Waals surface area contributed by atoms with E-state index < -0.39 is 10.0 Å². The third kappa shape index (κ3) is 4.81. The van der Waals surface area contributed by atoms with Crippen LogP contribution in [0.4, 0.5) is 0 Å². The molecule has 4 rings (SSSR count). The predicted octanol–water partition coefficient (Wildman–Crippen LogP) is 3.01. The smallest absolute Gasteiger partial charge is 0.260 e. The molecule has 0 spiro atoms. The van der Waals surface area contributed by atoms with Crippen molar-refractivity contribution < 1.29 is 22.4 Å².